The van der Waals surface area contributed by atoms with Gasteiger partial charge in [0, 0.05) is 6.04 Å². The molecule has 1 aliphatic carbocycles. The summed E-state index contributed by atoms with van der Waals surface area (Å²) in [4.78, 5) is 10.9. The zero-order chi connectivity index (χ0) is 9.84. The maximum Gasteiger partial charge on any atom is 0.315 e. The monoisotopic (exact) mass is 192 g/mol. The molecule has 0 aromatic heterocycles. The Bertz CT molecular complexity index is 187. The molecule has 0 radical (unpaired) electrons. The molecule has 0 aromatic rings. The van der Waals surface area contributed by atoms with E-state index >= 15 is 0 Å². The van der Waals surface area contributed by atoms with Crippen molar-refractivity contribution >= 4 is 6.03 Å². The molecule has 0 heterocycles. The molecule has 5 heteroatoms. The third-order valence-corrected chi connectivity index (χ3v) is 2.35. The van der Waals surface area contributed by atoms with E-state index in [9.17, 15) is 13.6 Å². The first-order chi connectivity index (χ1) is 6.09. The van der Waals surface area contributed by atoms with Crippen molar-refractivity contribution < 1.29 is 13.6 Å². The van der Waals surface area contributed by atoms with Gasteiger partial charge in [-0.15, -0.1) is 0 Å². The highest BCUT2D eigenvalue weighted by molar-refractivity contribution is 5.74. The van der Waals surface area contributed by atoms with Gasteiger partial charge >= 0.3 is 6.03 Å². The summed E-state index contributed by atoms with van der Waals surface area (Å²) >= 11 is 0. The van der Waals surface area contributed by atoms with E-state index in [0.717, 1.165) is 12.8 Å². The molecule has 0 aliphatic heterocycles. The van der Waals surface area contributed by atoms with E-state index in [0.29, 0.717) is 5.92 Å². The highest BCUT2D eigenvalue weighted by Crippen LogP contribution is 2.26. The number of hydrogen-bond acceptors (Lipinski definition) is 1. The number of nitrogens with one attached hydrogen (secondary N) is 2. The van der Waals surface area contributed by atoms with Crippen molar-refractivity contribution in [2.75, 3.05) is 6.54 Å². The first-order valence-corrected chi connectivity index (χ1v) is 4.42. The maximum absolute atomic E-state index is 11.7. The van der Waals surface area contributed by atoms with Crippen LogP contribution in [0.25, 0.3) is 0 Å². The Morgan fingerprint density at radius 3 is 2.62 bits per heavy atom. The Morgan fingerprint density at radius 2 is 2.23 bits per heavy atom. The normalized spacial score (nSPS) is 26.8. The Labute approximate surface area is 75.9 Å². The van der Waals surface area contributed by atoms with E-state index in [1.54, 1.807) is 0 Å². The molecule has 2 unspecified atom stereocenters. The van der Waals surface area contributed by atoms with E-state index in [2.05, 4.69) is 10.6 Å². The van der Waals surface area contributed by atoms with Gasteiger partial charge in [-0.1, -0.05) is 6.92 Å². The molecule has 0 saturated heterocycles. The molecule has 3 nitrogen and oxygen atoms in total. The minimum atomic E-state index is -2.48. The smallest absolute Gasteiger partial charge is 0.315 e. The second-order valence-electron chi connectivity index (χ2n) is 3.41. The summed E-state index contributed by atoms with van der Waals surface area (Å²) in [5.74, 6) is 0.470. The molecule has 0 aromatic carbocycles. The van der Waals surface area contributed by atoms with E-state index < -0.39 is 19.0 Å². The molecule has 2 amide bonds. The average molecular weight is 192 g/mol. The van der Waals surface area contributed by atoms with Gasteiger partial charge in [0.1, 0.15) is 0 Å². The van der Waals surface area contributed by atoms with Gasteiger partial charge in [-0.2, -0.15) is 0 Å². The lowest BCUT2D eigenvalue weighted by molar-refractivity contribution is 0.143. The number of urea groups is 1. The van der Waals surface area contributed by atoms with E-state index in [4.69, 9.17) is 0 Å². The third kappa shape index (κ3) is 3.16. The van der Waals surface area contributed by atoms with Crippen molar-refractivity contribution in [3.8, 4) is 0 Å². The van der Waals surface area contributed by atoms with Crippen molar-refractivity contribution in [1.82, 2.24) is 10.6 Å². The number of carbonyl (C=O) groups is 1. The van der Waals surface area contributed by atoms with Crippen LogP contribution in [-0.2, 0) is 0 Å². The van der Waals surface area contributed by atoms with Crippen LogP contribution in [0.15, 0.2) is 0 Å². The number of amides is 2. The summed E-state index contributed by atoms with van der Waals surface area (Å²) in [5.41, 5.74) is 0. The first-order valence-electron chi connectivity index (χ1n) is 4.42. The quantitative estimate of drug-likeness (QED) is 0.696. The summed E-state index contributed by atoms with van der Waals surface area (Å²) in [6.07, 6.45) is -0.437. The summed E-state index contributed by atoms with van der Waals surface area (Å²) in [7, 11) is 0. The Kier molecular flexibility index (Phi) is 3.45. The fourth-order valence-corrected chi connectivity index (χ4v) is 1.27. The van der Waals surface area contributed by atoms with Crippen LogP contribution in [-0.4, -0.2) is 25.0 Å². The summed E-state index contributed by atoms with van der Waals surface area (Å²) in [5, 5.41) is 4.74. The van der Waals surface area contributed by atoms with Crippen LogP contribution in [0, 0.1) is 5.92 Å². The lowest BCUT2D eigenvalue weighted by atomic mass is 9.81. The second-order valence-corrected chi connectivity index (χ2v) is 3.41. The predicted molar refractivity (Wildman–Crippen MR) is 44.7 cm³/mol. The van der Waals surface area contributed by atoms with Crippen LogP contribution < -0.4 is 10.6 Å². The predicted octanol–water partition coefficient (Wildman–Crippen LogP) is 1.35. The summed E-state index contributed by atoms with van der Waals surface area (Å²) in [6.45, 7) is 1.45. The van der Waals surface area contributed by atoms with Gasteiger partial charge < -0.3 is 10.6 Å². The number of halogens is 2. The van der Waals surface area contributed by atoms with E-state index in [1.807, 2.05) is 6.92 Å². The molecule has 2 N–H and O–H groups in total. The lowest BCUT2D eigenvalue weighted by Crippen LogP contribution is -2.50. The van der Waals surface area contributed by atoms with Crippen LogP contribution in [0.1, 0.15) is 19.8 Å². The van der Waals surface area contributed by atoms with Crippen molar-refractivity contribution in [3.05, 3.63) is 0 Å². The van der Waals surface area contributed by atoms with Crippen molar-refractivity contribution in [2.24, 2.45) is 5.92 Å². The van der Waals surface area contributed by atoms with Crippen LogP contribution >= 0.6 is 0 Å². The molecule has 13 heavy (non-hydrogen) atoms. The number of hydrogen-bond donors (Lipinski definition) is 2. The van der Waals surface area contributed by atoms with Crippen LogP contribution in [0.2, 0.25) is 0 Å². The number of rotatable bonds is 3. The second kappa shape index (κ2) is 4.39. The SMILES string of the molecule is CC1CCC1NC(=O)NCC(F)F. The van der Waals surface area contributed by atoms with Gasteiger partial charge in [0.05, 0.1) is 6.54 Å². The molecule has 2 atom stereocenters. The van der Waals surface area contributed by atoms with Gasteiger partial charge in [0.15, 0.2) is 0 Å². The Balaban J connectivity index is 2.10. The zero-order valence-electron chi connectivity index (χ0n) is 7.52. The molecule has 1 aliphatic rings. The topological polar surface area (TPSA) is 41.1 Å². The molecule has 0 spiro atoms. The molecular weight excluding hydrogens is 178 g/mol. The minimum Gasteiger partial charge on any atom is -0.335 e. The maximum atomic E-state index is 11.7. The van der Waals surface area contributed by atoms with E-state index in [-0.39, 0.29) is 6.04 Å². The first kappa shape index (κ1) is 10.2. The fourth-order valence-electron chi connectivity index (χ4n) is 1.27. The molecule has 1 rings (SSSR count). The van der Waals surface area contributed by atoms with Crippen LogP contribution in [0.3, 0.4) is 0 Å². The van der Waals surface area contributed by atoms with Crippen LogP contribution in [0.4, 0.5) is 13.6 Å². The molecule has 76 valence electrons. The number of alkyl halides is 2. The van der Waals surface area contributed by atoms with Crippen molar-refractivity contribution in [3.63, 3.8) is 0 Å². The average Bonchev–Trinajstić information content (AvgIpc) is 2.08. The molecular formula is C8H14F2N2O. The zero-order valence-corrected chi connectivity index (χ0v) is 7.52. The van der Waals surface area contributed by atoms with Gasteiger partial charge in [-0.05, 0) is 18.8 Å². The summed E-state index contributed by atoms with van der Waals surface area (Å²) in [6, 6.07) is -0.325. The van der Waals surface area contributed by atoms with Crippen molar-refractivity contribution in [2.45, 2.75) is 32.2 Å². The number of carbonyl (C=O) groups excluding carboxylic acids is 1. The van der Waals surface area contributed by atoms with Gasteiger partial charge in [0.2, 0.25) is 0 Å². The van der Waals surface area contributed by atoms with Gasteiger partial charge in [0.25, 0.3) is 6.43 Å². The molecule has 1 saturated carbocycles. The highest BCUT2D eigenvalue weighted by atomic mass is 19.3. The van der Waals surface area contributed by atoms with Gasteiger partial charge in [-0.25, -0.2) is 13.6 Å². The molecule has 1 fully saturated rings. The largest absolute Gasteiger partial charge is 0.335 e. The third-order valence-electron chi connectivity index (χ3n) is 2.35. The molecule has 0 bridgehead atoms. The standard InChI is InChI=1S/C8H14F2N2O/c1-5-2-3-6(5)12-8(13)11-4-7(9)10/h5-7H,2-4H2,1H3,(H2,11,12,13). The minimum absolute atomic E-state index is 0.165. The Hall–Kier alpha value is -0.870. The van der Waals surface area contributed by atoms with Gasteiger partial charge in [-0.3, -0.25) is 0 Å². The summed E-state index contributed by atoms with van der Waals surface area (Å²) < 4.78 is 23.3. The fraction of sp³-hybridized carbons (Fsp3) is 0.875. The van der Waals surface area contributed by atoms with E-state index in [1.165, 1.54) is 0 Å². The highest BCUT2D eigenvalue weighted by Gasteiger charge is 2.27. The lowest BCUT2D eigenvalue weighted by Gasteiger charge is -2.34. The van der Waals surface area contributed by atoms with Crippen molar-refractivity contribution in [1.29, 1.82) is 0 Å². The Morgan fingerprint density at radius 1 is 1.54 bits per heavy atom. The van der Waals surface area contributed by atoms with Crippen LogP contribution in [0.5, 0.6) is 0 Å².